The fourth-order valence-corrected chi connectivity index (χ4v) is 3.17. The number of aryl methyl sites for hydroxylation is 1. The summed E-state index contributed by atoms with van der Waals surface area (Å²) in [4.78, 5) is 23.5. The maximum absolute atomic E-state index is 12.2. The lowest BCUT2D eigenvalue weighted by Crippen LogP contribution is -2.20. The molecule has 0 aliphatic rings. The minimum atomic E-state index is -0.958. The third kappa shape index (κ3) is 5.78. The molecule has 0 saturated carbocycles. The van der Waals surface area contributed by atoms with Crippen LogP contribution in [0.2, 0.25) is 0 Å². The molecule has 1 amide bonds. The topological polar surface area (TPSA) is 96.9 Å². The van der Waals surface area contributed by atoms with Crippen molar-refractivity contribution in [3.8, 4) is 11.5 Å². The number of carbonyl (C=O) groups is 2. The van der Waals surface area contributed by atoms with Crippen LogP contribution in [0.15, 0.2) is 60.7 Å². The summed E-state index contributed by atoms with van der Waals surface area (Å²) >= 11 is 0. The quantitative estimate of drug-likeness (QED) is 0.454. The van der Waals surface area contributed by atoms with E-state index in [-0.39, 0.29) is 18.1 Å². The van der Waals surface area contributed by atoms with E-state index in [4.69, 9.17) is 9.47 Å². The zero-order chi connectivity index (χ0) is 23.1. The molecule has 3 rings (SSSR count). The number of hydrogen-bond acceptors (Lipinski definition) is 5. The van der Waals surface area contributed by atoms with Crippen molar-refractivity contribution in [3.63, 3.8) is 0 Å². The molecule has 0 aliphatic carbocycles. The molecule has 3 N–H and O–H groups in total. The molecule has 0 fully saturated rings. The molecule has 7 heteroatoms. The molecule has 0 aliphatic heterocycles. The molecule has 0 spiro atoms. The minimum absolute atomic E-state index is 0.150. The van der Waals surface area contributed by atoms with E-state index in [1.807, 2.05) is 49.4 Å². The van der Waals surface area contributed by atoms with Crippen molar-refractivity contribution in [2.45, 2.75) is 20.4 Å². The number of nitrogens with one attached hydrogen (secondary N) is 2. The van der Waals surface area contributed by atoms with Gasteiger partial charge in [-0.25, -0.2) is 4.79 Å². The SMILES string of the molecule is COc1cc(CNc2cccc(C(=O)O)c2C)ccc1OCC(=O)Nc1ccc(C)cc1. The lowest BCUT2D eigenvalue weighted by molar-refractivity contribution is -0.118. The van der Waals surface area contributed by atoms with Gasteiger partial charge in [0.1, 0.15) is 0 Å². The van der Waals surface area contributed by atoms with Crippen LogP contribution < -0.4 is 20.1 Å². The number of anilines is 2. The van der Waals surface area contributed by atoms with Crippen LogP contribution in [0.4, 0.5) is 11.4 Å². The fourth-order valence-electron chi connectivity index (χ4n) is 3.17. The Balaban J connectivity index is 1.61. The molecule has 0 unspecified atom stereocenters. The van der Waals surface area contributed by atoms with Gasteiger partial charge in [-0.2, -0.15) is 0 Å². The number of benzene rings is 3. The van der Waals surface area contributed by atoms with Gasteiger partial charge >= 0.3 is 5.97 Å². The Morgan fingerprint density at radius 1 is 0.969 bits per heavy atom. The summed E-state index contributed by atoms with van der Waals surface area (Å²) in [5.74, 6) is -0.265. The van der Waals surface area contributed by atoms with Crippen molar-refractivity contribution in [3.05, 3.63) is 82.9 Å². The summed E-state index contributed by atoms with van der Waals surface area (Å²) in [6, 6.07) is 18.1. The highest BCUT2D eigenvalue weighted by atomic mass is 16.5. The van der Waals surface area contributed by atoms with Crippen molar-refractivity contribution in [1.29, 1.82) is 0 Å². The van der Waals surface area contributed by atoms with Gasteiger partial charge < -0.3 is 25.2 Å². The average molecular weight is 434 g/mol. The number of methoxy groups -OCH3 is 1. The van der Waals surface area contributed by atoms with Crippen molar-refractivity contribution in [2.75, 3.05) is 24.4 Å². The molecule has 7 nitrogen and oxygen atoms in total. The van der Waals surface area contributed by atoms with Crippen LogP contribution >= 0.6 is 0 Å². The Labute approximate surface area is 187 Å². The van der Waals surface area contributed by atoms with Crippen LogP contribution in [-0.4, -0.2) is 30.7 Å². The van der Waals surface area contributed by atoms with Crippen LogP contribution in [0.3, 0.4) is 0 Å². The molecule has 0 radical (unpaired) electrons. The number of aromatic carboxylic acids is 1. The summed E-state index contributed by atoms with van der Waals surface area (Å²) < 4.78 is 11.1. The number of ether oxygens (including phenoxy) is 2. The Hall–Kier alpha value is -4.00. The lowest BCUT2D eigenvalue weighted by Gasteiger charge is -2.14. The number of carboxylic acids is 1. The second-order valence-corrected chi connectivity index (χ2v) is 7.32. The van der Waals surface area contributed by atoms with E-state index < -0.39 is 5.97 Å². The largest absolute Gasteiger partial charge is 0.493 e. The van der Waals surface area contributed by atoms with Gasteiger partial charge in [-0.05, 0) is 61.4 Å². The van der Waals surface area contributed by atoms with E-state index in [0.29, 0.717) is 29.3 Å². The molecule has 0 aromatic heterocycles. The van der Waals surface area contributed by atoms with E-state index in [0.717, 1.165) is 16.8 Å². The zero-order valence-electron chi connectivity index (χ0n) is 18.3. The molecule has 3 aromatic rings. The predicted octanol–water partition coefficient (Wildman–Crippen LogP) is 4.64. The van der Waals surface area contributed by atoms with Gasteiger partial charge in [0.25, 0.3) is 5.91 Å². The second-order valence-electron chi connectivity index (χ2n) is 7.32. The lowest BCUT2D eigenvalue weighted by atomic mass is 10.1. The van der Waals surface area contributed by atoms with Crippen molar-refractivity contribution < 1.29 is 24.2 Å². The highest BCUT2D eigenvalue weighted by Gasteiger charge is 2.12. The Bertz CT molecular complexity index is 1110. The van der Waals surface area contributed by atoms with Crippen LogP contribution in [0, 0.1) is 13.8 Å². The second kappa shape index (κ2) is 10.3. The standard InChI is InChI=1S/C25H26N2O5/c1-16-7-10-19(11-8-16)27-24(28)15-32-22-12-9-18(13-23(22)31-3)14-26-21-6-4-5-20(17(21)2)25(29)30/h4-13,26H,14-15H2,1-3H3,(H,27,28)(H,29,30). The van der Waals surface area contributed by atoms with E-state index in [1.165, 1.54) is 7.11 Å². The molecule has 0 bridgehead atoms. The van der Waals surface area contributed by atoms with Crippen molar-refractivity contribution in [2.24, 2.45) is 0 Å². The Morgan fingerprint density at radius 3 is 2.41 bits per heavy atom. The van der Waals surface area contributed by atoms with Crippen molar-refractivity contribution >= 4 is 23.3 Å². The Kier molecular flexibility index (Phi) is 7.33. The van der Waals surface area contributed by atoms with E-state index >= 15 is 0 Å². The molecule has 32 heavy (non-hydrogen) atoms. The maximum atomic E-state index is 12.2. The number of carboxylic acid groups (broad SMARTS) is 1. The molecule has 0 atom stereocenters. The highest BCUT2D eigenvalue weighted by molar-refractivity contribution is 5.92. The predicted molar refractivity (Wildman–Crippen MR) is 124 cm³/mol. The molecule has 166 valence electrons. The van der Waals surface area contributed by atoms with Crippen molar-refractivity contribution in [1.82, 2.24) is 0 Å². The summed E-state index contributed by atoms with van der Waals surface area (Å²) in [6.07, 6.45) is 0. The normalized spacial score (nSPS) is 10.3. The van der Waals surface area contributed by atoms with Crippen LogP contribution in [0.25, 0.3) is 0 Å². The summed E-state index contributed by atoms with van der Waals surface area (Å²) in [5, 5.41) is 15.3. The van der Waals surface area contributed by atoms with Gasteiger partial charge in [-0.3, -0.25) is 4.79 Å². The van der Waals surface area contributed by atoms with Gasteiger partial charge in [-0.15, -0.1) is 0 Å². The minimum Gasteiger partial charge on any atom is -0.493 e. The number of hydrogen-bond donors (Lipinski definition) is 3. The maximum Gasteiger partial charge on any atom is 0.336 e. The van der Waals surface area contributed by atoms with Crippen LogP contribution in [0.5, 0.6) is 11.5 Å². The average Bonchev–Trinajstić information content (AvgIpc) is 2.78. The molecule has 0 heterocycles. The van der Waals surface area contributed by atoms with E-state index in [1.54, 1.807) is 25.1 Å². The van der Waals surface area contributed by atoms with Crippen LogP contribution in [-0.2, 0) is 11.3 Å². The molecule has 0 saturated heterocycles. The summed E-state index contributed by atoms with van der Waals surface area (Å²) in [5.41, 5.74) is 4.42. The fraction of sp³-hybridized carbons (Fsp3) is 0.200. The summed E-state index contributed by atoms with van der Waals surface area (Å²) in [6.45, 7) is 4.07. The monoisotopic (exact) mass is 434 g/mol. The van der Waals surface area contributed by atoms with Crippen LogP contribution in [0.1, 0.15) is 27.0 Å². The first-order valence-corrected chi connectivity index (χ1v) is 10.1. The highest BCUT2D eigenvalue weighted by Crippen LogP contribution is 2.29. The van der Waals surface area contributed by atoms with E-state index in [2.05, 4.69) is 10.6 Å². The number of carbonyl (C=O) groups excluding carboxylic acids is 1. The first-order chi connectivity index (χ1) is 15.4. The van der Waals surface area contributed by atoms with Gasteiger partial charge in [0.15, 0.2) is 18.1 Å². The van der Waals surface area contributed by atoms with Gasteiger partial charge in [0.05, 0.1) is 12.7 Å². The van der Waals surface area contributed by atoms with Gasteiger partial charge in [0, 0.05) is 17.9 Å². The summed E-state index contributed by atoms with van der Waals surface area (Å²) in [7, 11) is 1.53. The third-order valence-electron chi connectivity index (χ3n) is 4.97. The van der Waals surface area contributed by atoms with E-state index in [9.17, 15) is 14.7 Å². The number of amides is 1. The first-order valence-electron chi connectivity index (χ1n) is 10.1. The van der Waals surface area contributed by atoms with Gasteiger partial charge in [-0.1, -0.05) is 29.8 Å². The van der Waals surface area contributed by atoms with Gasteiger partial charge in [0.2, 0.25) is 0 Å². The smallest absolute Gasteiger partial charge is 0.336 e. The molecular formula is C25H26N2O5. The Morgan fingerprint density at radius 2 is 1.72 bits per heavy atom. The molecule has 3 aromatic carbocycles. The third-order valence-corrected chi connectivity index (χ3v) is 4.97. The zero-order valence-corrected chi connectivity index (χ0v) is 18.3. The molecular weight excluding hydrogens is 408 g/mol. The number of rotatable bonds is 9. The first kappa shape index (κ1) is 22.7.